The number of fused-ring (bicyclic) bond motifs is 1. The van der Waals surface area contributed by atoms with Crippen LogP contribution in [0.4, 0.5) is 5.69 Å². The van der Waals surface area contributed by atoms with E-state index in [9.17, 15) is 4.79 Å². The fourth-order valence-corrected chi connectivity index (χ4v) is 3.41. The fourth-order valence-electron chi connectivity index (χ4n) is 3.41. The van der Waals surface area contributed by atoms with Crippen LogP contribution in [0, 0.1) is 0 Å². The van der Waals surface area contributed by atoms with E-state index in [1.807, 2.05) is 77.6 Å². The largest absolute Gasteiger partial charge is 0.322 e. The highest BCUT2D eigenvalue weighted by Gasteiger charge is 2.16. The third-order valence-electron chi connectivity index (χ3n) is 4.80. The molecule has 5 rings (SSSR count). The molecule has 146 valence electrons. The number of rotatable bonds is 5. The molecule has 0 bridgehead atoms. The number of anilines is 1. The van der Waals surface area contributed by atoms with E-state index in [-0.39, 0.29) is 5.91 Å². The lowest BCUT2D eigenvalue weighted by atomic mass is 10.1. The lowest BCUT2D eigenvalue weighted by Gasteiger charge is -2.08. The van der Waals surface area contributed by atoms with Crippen molar-refractivity contribution in [2.45, 2.75) is 6.54 Å². The van der Waals surface area contributed by atoms with Crippen molar-refractivity contribution < 1.29 is 4.79 Å². The van der Waals surface area contributed by atoms with Crippen LogP contribution in [0.25, 0.3) is 16.9 Å². The van der Waals surface area contributed by atoms with E-state index in [2.05, 4.69) is 20.5 Å². The first-order chi connectivity index (χ1) is 14.8. The first-order valence-corrected chi connectivity index (χ1v) is 9.54. The second kappa shape index (κ2) is 7.63. The summed E-state index contributed by atoms with van der Waals surface area (Å²) < 4.78 is 3.53. The van der Waals surface area contributed by atoms with Gasteiger partial charge in [-0.25, -0.2) is 9.50 Å². The first-order valence-electron chi connectivity index (χ1n) is 9.54. The van der Waals surface area contributed by atoms with Gasteiger partial charge >= 0.3 is 0 Å². The minimum absolute atomic E-state index is 0.251. The Hall–Kier alpha value is -4.26. The number of aromatic nitrogens is 5. The van der Waals surface area contributed by atoms with Crippen LogP contribution in [0.2, 0.25) is 0 Å². The highest BCUT2D eigenvalue weighted by molar-refractivity contribution is 6.08. The molecule has 2 aromatic carbocycles. The molecule has 0 aliphatic heterocycles. The van der Waals surface area contributed by atoms with Crippen LogP contribution < -0.4 is 5.32 Å². The number of amides is 1. The zero-order chi connectivity index (χ0) is 20.3. The molecule has 1 N–H and O–H groups in total. The summed E-state index contributed by atoms with van der Waals surface area (Å²) in [6.45, 7) is 0.634. The molecule has 3 aromatic heterocycles. The van der Waals surface area contributed by atoms with Gasteiger partial charge in [-0.05, 0) is 29.8 Å². The molecule has 0 saturated carbocycles. The number of nitrogens with zero attached hydrogens (tertiary/aromatic N) is 5. The van der Waals surface area contributed by atoms with E-state index < -0.39 is 0 Å². The molecule has 0 aliphatic rings. The minimum atomic E-state index is -0.251. The standard InChI is InChI=1S/C23H18N6O/c30-23(27-19-9-4-6-17(14-19)16-28-13-5-11-25-28)20-15-26-29-21(10-12-24-22(20)29)18-7-2-1-3-8-18/h1-15H,16H2,(H,27,30). The van der Waals surface area contributed by atoms with Crippen molar-refractivity contribution >= 4 is 17.2 Å². The van der Waals surface area contributed by atoms with Crippen LogP contribution in [-0.4, -0.2) is 30.3 Å². The van der Waals surface area contributed by atoms with Gasteiger partial charge in [0, 0.05) is 29.8 Å². The normalized spacial score (nSPS) is 10.9. The Labute approximate surface area is 172 Å². The van der Waals surface area contributed by atoms with Crippen molar-refractivity contribution in [3.05, 3.63) is 103 Å². The van der Waals surface area contributed by atoms with Crippen LogP contribution in [0.15, 0.2) is 91.5 Å². The summed E-state index contributed by atoms with van der Waals surface area (Å²) in [5.74, 6) is -0.251. The third kappa shape index (κ3) is 3.44. The van der Waals surface area contributed by atoms with Gasteiger partial charge in [0.05, 0.1) is 18.4 Å². The summed E-state index contributed by atoms with van der Waals surface area (Å²) in [7, 11) is 0. The molecule has 30 heavy (non-hydrogen) atoms. The van der Waals surface area contributed by atoms with Gasteiger partial charge in [0.1, 0.15) is 5.56 Å². The molecule has 0 spiro atoms. The van der Waals surface area contributed by atoms with Crippen molar-refractivity contribution in [2.75, 3.05) is 5.32 Å². The average Bonchev–Trinajstić information content (AvgIpc) is 3.44. The van der Waals surface area contributed by atoms with Crippen LogP contribution >= 0.6 is 0 Å². The zero-order valence-corrected chi connectivity index (χ0v) is 16.0. The number of nitrogens with one attached hydrogen (secondary N) is 1. The van der Waals surface area contributed by atoms with Gasteiger partial charge in [0.25, 0.3) is 5.91 Å². The van der Waals surface area contributed by atoms with Gasteiger partial charge in [0.15, 0.2) is 5.65 Å². The second-order valence-corrected chi connectivity index (χ2v) is 6.85. The van der Waals surface area contributed by atoms with E-state index in [4.69, 9.17) is 0 Å². The topological polar surface area (TPSA) is 77.1 Å². The Morgan fingerprint density at radius 2 is 1.83 bits per heavy atom. The molecule has 7 heteroatoms. The molecule has 7 nitrogen and oxygen atoms in total. The van der Waals surface area contributed by atoms with Crippen molar-refractivity contribution in [3.8, 4) is 11.3 Å². The third-order valence-corrected chi connectivity index (χ3v) is 4.80. The fraction of sp³-hybridized carbons (Fsp3) is 0.0435. The zero-order valence-electron chi connectivity index (χ0n) is 16.0. The van der Waals surface area contributed by atoms with Crippen molar-refractivity contribution in [1.82, 2.24) is 24.4 Å². The van der Waals surface area contributed by atoms with Crippen LogP contribution in [0.3, 0.4) is 0 Å². The Balaban J connectivity index is 1.42. The van der Waals surface area contributed by atoms with Gasteiger partial charge in [-0.15, -0.1) is 0 Å². The van der Waals surface area contributed by atoms with Gasteiger partial charge in [0.2, 0.25) is 0 Å². The smallest absolute Gasteiger partial charge is 0.261 e. The highest BCUT2D eigenvalue weighted by atomic mass is 16.1. The molecule has 0 aliphatic carbocycles. The number of hydrogen-bond acceptors (Lipinski definition) is 4. The van der Waals surface area contributed by atoms with E-state index in [1.165, 1.54) is 0 Å². The molecular weight excluding hydrogens is 376 g/mol. The van der Waals surface area contributed by atoms with Crippen LogP contribution in [0.5, 0.6) is 0 Å². The Morgan fingerprint density at radius 1 is 0.933 bits per heavy atom. The Kier molecular flexibility index (Phi) is 4.53. The summed E-state index contributed by atoms with van der Waals surface area (Å²) in [6, 6.07) is 21.4. The van der Waals surface area contributed by atoms with E-state index >= 15 is 0 Å². The molecular formula is C23H18N6O. The lowest BCUT2D eigenvalue weighted by Crippen LogP contribution is -2.12. The number of carbonyl (C=O) groups excluding carboxylic acids is 1. The predicted molar refractivity (Wildman–Crippen MR) is 114 cm³/mol. The summed E-state index contributed by atoms with van der Waals surface area (Å²) in [4.78, 5) is 17.3. The van der Waals surface area contributed by atoms with Gasteiger partial charge in [-0.1, -0.05) is 42.5 Å². The predicted octanol–water partition coefficient (Wildman–Crippen LogP) is 3.89. The number of carbonyl (C=O) groups is 1. The Morgan fingerprint density at radius 3 is 2.67 bits per heavy atom. The molecule has 1 amide bonds. The van der Waals surface area contributed by atoms with E-state index in [0.717, 1.165) is 16.8 Å². The van der Waals surface area contributed by atoms with Gasteiger partial charge in [-0.2, -0.15) is 10.2 Å². The second-order valence-electron chi connectivity index (χ2n) is 6.85. The van der Waals surface area contributed by atoms with E-state index in [1.54, 1.807) is 23.1 Å². The maximum Gasteiger partial charge on any atom is 0.261 e. The number of benzene rings is 2. The molecule has 3 heterocycles. The summed E-state index contributed by atoms with van der Waals surface area (Å²) >= 11 is 0. The molecule has 0 atom stereocenters. The number of hydrogen-bond donors (Lipinski definition) is 1. The molecule has 0 radical (unpaired) electrons. The van der Waals surface area contributed by atoms with Crippen LogP contribution in [0.1, 0.15) is 15.9 Å². The van der Waals surface area contributed by atoms with Crippen molar-refractivity contribution in [2.24, 2.45) is 0 Å². The molecule has 0 fully saturated rings. The van der Waals surface area contributed by atoms with Crippen molar-refractivity contribution in [1.29, 1.82) is 0 Å². The quantitative estimate of drug-likeness (QED) is 0.491. The summed E-state index contributed by atoms with van der Waals surface area (Å²) in [6.07, 6.45) is 6.90. The Bertz CT molecular complexity index is 1310. The van der Waals surface area contributed by atoms with Gasteiger partial charge < -0.3 is 5.32 Å². The SMILES string of the molecule is O=C(Nc1cccc(Cn2cccn2)c1)c1cnn2c(-c3ccccc3)ccnc12. The maximum absolute atomic E-state index is 12.9. The average molecular weight is 394 g/mol. The maximum atomic E-state index is 12.9. The van der Waals surface area contributed by atoms with Crippen molar-refractivity contribution in [3.63, 3.8) is 0 Å². The monoisotopic (exact) mass is 394 g/mol. The molecule has 0 saturated heterocycles. The lowest BCUT2D eigenvalue weighted by molar-refractivity contribution is 0.102. The minimum Gasteiger partial charge on any atom is -0.322 e. The summed E-state index contributed by atoms with van der Waals surface area (Å²) in [5, 5.41) is 11.6. The van der Waals surface area contributed by atoms with E-state index in [0.29, 0.717) is 23.4 Å². The first kappa shape index (κ1) is 17.8. The molecule has 0 unspecified atom stereocenters. The summed E-state index contributed by atoms with van der Waals surface area (Å²) in [5.41, 5.74) is 4.57. The van der Waals surface area contributed by atoms with Crippen LogP contribution in [-0.2, 0) is 6.54 Å². The van der Waals surface area contributed by atoms with Gasteiger partial charge in [-0.3, -0.25) is 9.48 Å². The highest BCUT2D eigenvalue weighted by Crippen LogP contribution is 2.21. The molecule has 5 aromatic rings.